The summed E-state index contributed by atoms with van der Waals surface area (Å²) in [6.45, 7) is 1.94. The van der Waals surface area contributed by atoms with E-state index in [9.17, 15) is 4.79 Å². The average molecular weight is 225 g/mol. The van der Waals surface area contributed by atoms with Crippen molar-refractivity contribution in [2.45, 2.75) is 6.92 Å². The molecule has 0 saturated heterocycles. The maximum atomic E-state index is 12.0. The van der Waals surface area contributed by atoms with Crippen LogP contribution in [0.2, 0.25) is 0 Å². The molecule has 0 bridgehead atoms. The normalized spacial score (nSPS) is 10.9. The summed E-state index contributed by atoms with van der Waals surface area (Å²) in [5.74, 6) is 0.606. The van der Waals surface area contributed by atoms with Gasteiger partial charge in [-0.3, -0.25) is 4.79 Å². The van der Waals surface area contributed by atoms with Gasteiger partial charge in [-0.05, 0) is 30.7 Å². The molecule has 0 unspecified atom stereocenters. The minimum atomic E-state index is -0.115. The van der Waals surface area contributed by atoms with Crippen molar-refractivity contribution >= 4 is 10.9 Å². The van der Waals surface area contributed by atoms with Crippen LogP contribution in [0.3, 0.4) is 0 Å². The van der Waals surface area contributed by atoms with Gasteiger partial charge in [-0.25, -0.2) is 0 Å². The predicted octanol–water partition coefficient (Wildman–Crippen LogP) is 3.10. The zero-order valence-corrected chi connectivity index (χ0v) is 9.36. The van der Waals surface area contributed by atoms with E-state index >= 15 is 0 Å². The maximum Gasteiger partial charge on any atom is 0.259 e. The Morgan fingerprint density at radius 3 is 2.71 bits per heavy atom. The molecule has 0 spiro atoms. The van der Waals surface area contributed by atoms with E-state index in [2.05, 4.69) is 4.98 Å². The molecule has 0 amide bonds. The summed E-state index contributed by atoms with van der Waals surface area (Å²) >= 11 is 0. The fraction of sp³-hybridized carbons (Fsp3) is 0.0714. The highest BCUT2D eigenvalue weighted by Gasteiger charge is 2.12. The van der Waals surface area contributed by atoms with E-state index in [0.29, 0.717) is 11.3 Å². The third-order valence-corrected chi connectivity index (χ3v) is 2.95. The Morgan fingerprint density at radius 2 is 1.94 bits per heavy atom. The largest absolute Gasteiger partial charge is 0.464 e. The molecule has 1 N–H and O–H groups in total. The molecular weight excluding hydrogens is 214 g/mol. The van der Waals surface area contributed by atoms with Gasteiger partial charge in [0.2, 0.25) is 0 Å². The molecule has 2 heterocycles. The Morgan fingerprint density at radius 1 is 1.12 bits per heavy atom. The van der Waals surface area contributed by atoms with Crippen molar-refractivity contribution in [2.24, 2.45) is 0 Å². The smallest absolute Gasteiger partial charge is 0.259 e. The van der Waals surface area contributed by atoms with Crippen LogP contribution in [0.5, 0.6) is 0 Å². The SMILES string of the molecule is Cc1c(-c2ccco2)c(=O)[nH]c2ccccc12. The van der Waals surface area contributed by atoms with E-state index in [4.69, 9.17) is 4.42 Å². The number of furan rings is 1. The Bertz CT molecular complexity index is 724. The van der Waals surface area contributed by atoms with Gasteiger partial charge in [0.15, 0.2) is 0 Å². The highest BCUT2D eigenvalue weighted by Crippen LogP contribution is 2.25. The summed E-state index contributed by atoms with van der Waals surface area (Å²) < 4.78 is 5.31. The molecule has 3 rings (SSSR count). The predicted molar refractivity (Wildman–Crippen MR) is 67.0 cm³/mol. The first kappa shape index (κ1) is 9.90. The Kier molecular flexibility index (Phi) is 2.11. The second kappa shape index (κ2) is 3.63. The Balaban J connectivity index is 2.44. The van der Waals surface area contributed by atoms with Crippen molar-refractivity contribution in [3.05, 3.63) is 58.6 Å². The highest BCUT2D eigenvalue weighted by molar-refractivity contribution is 5.87. The summed E-state index contributed by atoms with van der Waals surface area (Å²) in [5.41, 5.74) is 2.29. The number of benzene rings is 1. The van der Waals surface area contributed by atoms with Crippen molar-refractivity contribution in [2.75, 3.05) is 0 Å². The van der Waals surface area contributed by atoms with E-state index in [1.807, 2.05) is 31.2 Å². The summed E-state index contributed by atoms with van der Waals surface area (Å²) in [7, 11) is 0. The standard InChI is InChI=1S/C14H11NO2/c1-9-10-5-2-3-6-11(10)15-14(16)13(9)12-7-4-8-17-12/h2-8H,1H3,(H,15,16). The summed E-state index contributed by atoms with van der Waals surface area (Å²) in [5, 5.41) is 1.04. The van der Waals surface area contributed by atoms with E-state index in [0.717, 1.165) is 16.5 Å². The first-order chi connectivity index (χ1) is 8.27. The minimum absolute atomic E-state index is 0.115. The van der Waals surface area contributed by atoms with Crippen LogP contribution in [0.25, 0.3) is 22.2 Å². The molecule has 2 aromatic heterocycles. The zero-order valence-electron chi connectivity index (χ0n) is 9.36. The van der Waals surface area contributed by atoms with Gasteiger partial charge < -0.3 is 9.40 Å². The second-order valence-corrected chi connectivity index (χ2v) is 3.98. The van der Waals surface area contributed by atoms with Crippen LogP contribution in [-0.4, -0.2) is 4.98 Å². The van der Waals surface area contributed by atoms with Crippen molar-refractivity contribution in [1.82, 2.24) is 4.98 Å². The van der Waals surface area contributed by atoms with E-state index in [-0.39, 0.29) is 5.56 Å². The Hall–Kier alpha value is -2.29. The van der Waals surface area contributed by atoms with Gasteiger partial charge in [-0.2, -0.15) is 0 Å². The van der Waals surface area contributed by atoms with Crippen LogP contribution in [0.4, 0.5) is 0 Å². The lowest BCUT2D eigenvalue weighted by Gasteiger charge is -2.06. The van der Waals surface area contributed by atoms with Gasteiger partial charge in [0, 0.05) is 10.9 Å². The van der Waals surface area contributed by atoms with Gasteiger partial charge >= 0.3 is 0 Å². The maximum absolute atomic E-state index is 12.0. The van der Waals surface area contributed by atoms with Crippen LogP contribution in [0.15, 0.2) is 51.9 Å². The third kappa shape index (κ3) is 1.47. The molecule has 0 aliphatic heterocycles. The summed E-state index contributed by atoms with van der Waals surface area (Å²) in [6, 6.07) is 11.3. The van der Waals surface area contributed by atoms with E-state index in [1.165, 1.54) is 0 Å². The first-order valence-electron chi connectivity index (χ1n) is 5.43. The number of rotatable bonds is 1. The van der Waals surface area contributed by atoms with Crippen LogP contribution in [-0.2, 0) is 0 Å². The number of aryl methyl sites for hydroxylation is 1. The fourth-order valence-electron chi connectivity index (χ4n) is 2.13. The van der Waals surface area contributed by atoms with Crippen molar-refractivity contribution in [3.63, 3.8) is 0 Å². The molecule has 3 aromatic rings. The molecule has 0 saturated carbocycles. The van der Waals surface area contributed by atoms with Gasteiger partial charge in [0.1, 0.15) is 5.76 Å². The number of para-hydroxylation sites is 1. The van der Waals surface area contributed by atoms with Crippen LogP contribution < -0.4 is 5.56 Å². The molecular formula is C14H11NO2. The lowest BCUT2D eigenvalue weighted by atomic mass is 10.0. The first-order valence-corrected chi connectivity index (χ1v) is 5.43. The lowest BCUT2D eigenvalue weighted by Crippen LogP contribution is -2.10. The number of pyridine rings is 1. The molecule has 3 heteroatoms. The number of H-pyrrole nitrogens is 1. The molecule has 0 fully saturated rings. The van der Waals surface area contributed by atoms with Crippen LogP contribution >= 0.6 is 0 Å². The molecule has 0 aliphatic rings. The number of fused-ring (bicyclic) bond motifs is 1. The molecule has 3 nitrogen and oxygen atoms in total. The molecule has 84 valence electrons. The summed E-state index contributed by atoms with van der Waals surface area (Å²) in [6.07, 6.45) is 1.57. The average Bonchev–Trinajstić information content (AvgIpc) is 2.83. The van der Waals surface area contributed by atoms with Crippen molar-refractivity contribution < 1.29 is 4.42 Å². The molecule has 0 radical (unpaired) electrons. The zero-order chi connectivity index (χ0) is 11.8. The van der Waals surface area contributed by atoms with Gasteiger partial charge in [-0.1, -0.05) is 18.2 Å². The van der Waals surface area contributed by atoms with Crippen molar-refractivity contribution in [1.29, 1.82) is 0 Å². The summed E-state index contributed by atoms with van der Waals surface area (Å²) in [4.78, 5) is 14.9. The molecule has 0 atom stereocenters. The minimum Gasteiger partial charge on any atom is -0.464 e. The number of nitrogens with one attached hydrogen (secondary N) is 1. The van der Waals surface area contributed by atoms with Gasteiger partial charge in [0.05, 0.1) is 11.8 Å². The Labute approximate surface area is 97.7 Å². The van der Waals surface area contributed by atoms with Crippen LogP contribution in [0, 0.1) is 6.92 Å². The van der Waals surface area contributed by atoms with Gasteiger partial charge in [-0.15, -0.1) is 0 Å². The van der Waals surface area contributed by atoms with E-state index < -0.39 is 0 Å². The second-order valence-electron chi connectivity index (χ2n) is 3.98. The molecule has 17 heavy (non-hydrogen) atoms. The van der Waals surface area contributed by atoms with Crippen LogP contribution in [0.1, 0.15) is 5.56 Å². The van der Waals surface area contributed by atoms with Gasteiger partial charge in [0.25, 0.3) is 5.56 Å². The topological polar surface area (TPSA) is 46.0 Å². The number of aromatic nitrogens is 1. The molecule has 1 aromatic carbocycles. The third-order valence-electron chi connectivity index (χ3n) is 2.95. The van der Waals surface area contributed by atoms with Crippen molar-refractivity contribution in [3.8, 4) is 11.3 Å². The fourth-order valence-corrected chi connectivity index (χ4v) is 2.13. The highest BCUT2D eigenvalue weighted by atomic mass is 16.3. The quantitative estimate of drug-likeness (QED) is 0.691. The lowest BCUT2D eigenvalue weighted by molar-refractivity contribution is 0.581. The monoisotopic (exact) mass is 225 g/mol. The number of hydrogen-bond acceptors (Lipinski definition) is 2. The van der Waals surface area contributed by atoms with E-state index in [1.54, 1.807) is 18.4 Å². The molecule has 0 aliphatic carbocycles. The number of hydrogen-bond donors (Lipinski definition) is 1. The number of aromatic amines is 1.